The third kappa shape index (κ3) is 4.84. The number of anilines is 1. The molecule has 0 bridgehead atoms. The maximum Gasteiger partial charge on any atom is 0.416 e. The summed E-state index contributed by atoms with van der Waals surface area (Å²) >= 11 is 8.72. The highest BCUT2D eigenvalue weighted by atomic mass is 35.5. The van der Waals surface area contributed by atoms with E-state index in [9.17, 15) is 18.0 Å². The van der Waals surface area contributed by atoms with Gasteiger partial charge in [-0.2, -0.15) is 13.2 Å². The fraction of sp³-hybridized carbons (Fsp3) is 0.176. The summed E-state index contributed by atoms with van der Waals surface area (Å²) < 4.78 is 38.5. The molecule has 2 aromatic heterocycles. The van der Waals surface area contributed by atoms with Gasteiger partial charge in [-0.3, -0.25) is 4.79 Å². The molecule has 0 aliphatic heterocycles. The van der Waals surface area contributed by atoms with Crippen molar-refractivity contribution in [3.8, 4) is 0 Å². The average Bonchev–Trinajstić information content (AvgIpc) is 3.20. The maximum absolute atomic E-state index is 12.8. The number of alkyl halides is 3. The van der Waals surface area contributed by atoms with Crippen molar-refractivity contribution >= 4 is 45.3 Å². The molecule has 1 aromatic carbocycles. The zero-order chi connectivity index (χ0) is 18.7. The van der Waals surface area contributed by atoms with E-state index in [4.69, 9.17) is 11.6 Å². The second kappa shape index (κ2) is 7.77. The molecule has 0 aliphatic rings. The van der Waals surface area contributed by atoms with E-state index in [0.29, 0.717) is 15.6 Å². The Morgan fingerprint density at radius 1 is 1.23 bits per heavy atom. The number of carbonyl (C=O) groups is 1. The first kappa shape index (κ1) is 18.9. The van der Waals surface area contributed by atoms with Gasteiger partial charge < -0.3 is 5.32 Å². The van der Waals surface area contributed by atoms with Gasteiger partial charge in [0, 0.05) is 27.4 Å². The van der Waals surface area contributed by atoms with E-state index in [0.717, 1.165) is 17.0 Å². The third-order valence-electron chi connectivity index (χ3n) is 3.45. The van der Waals surface area contributed by atoms with Crippen molar-refractivity contribution in [3.05, 3.63) is 67.8 Å². The minimum atomic E-state index is -4.42. The highest BCUT2D eigenvalue weighted by Gasteiger charge is 2.30. The van der Waals surface area contributed by atoms with Crippen LogP contribution in [-0.4, -0.2) is 10.9 Å². The number of rotatable bonds is 5. The van der Waals surface area contributed by atoms with Gasteiger partial charge in [-0.1, -0.05) is 17.7 Å². The van der Waals surface area contributed by atoms with Crippen LogP contribution in [0, 0.1) is 0 Å². The molecule has 0 fully saturated rings. The molecule has 9 heteroatoms. The molecule has 1 amide bonds. The highest BCUT2D eigenvalue weighted by molar-refractivity contribution is 7.15. The zero-order valence-electron chi connectivity index (χ0n) is 13.1. The average molecular weight is 417 g/mol. The lowest BCUT2D eigenvalue weighted by Crippen LogP contribution is -2.13. The van der Waals surface area contributed by atoms with Gasteiger partial charge in [0.05, 0.1) is 12.0 Å². The van der Waals surface area contributed by atoms with Crippen LogP contribution in [0.2, 0.25) is 5.02 Å². The predicted molar refractivity (Wildman–Crippen MR) is 98.0 cm³/mol. The number of thiophene rings is 1. The van der Waals surface area contributed by atoms with Gasteiger partial charge >= 0.3 is 6.18 Å². The minimum absolute atomic E-state index is 0.189. The molecular weight excluding hydrogens is 405 g/mol. The smallest absolute Gasteiger partial charge is 0.302 e. The predicted octanol–water partition coefficient (Wildman–Crippen LogP) is 5.65. The summed E-state index contributed by atoms with van der Waals surface area (Å²) in [6, 6.07) is 6.97. The van der Waals surface area contributed by atoms with E-state index in [1.54, 1.807) is 0 Å². The first-order valence-electron chi connectivity index (χ1n) is 7.44. The fourth-order valence-corrected chi connectivity index (χ4v) is 4.00. The lowest BCUT2D eigenvalue weighted by atomic mass is 10.1. The molecule has 3 aromatic rings. The first-order chi connectivity index (χ1) is 12.3. The Bertz CT molecular complexity index is 907. The number of nitrogens with zero attached hydrogens (tertiary/aromatic N) is 1. The van der Waals surface area contributed by atoms with Crippen LogP contribution < -0.4 is 5.32 Å². The van der Waals surface area contributed by atoms with Crippen molar-refractivity contribution in [2.45, 2.75) is 19.0 Å². The van der Waals surface area contributed by atoms with Crippen molar-refractivity contribution in [1.29, 1.82) is 0 Å². The number of halogens is 4. The van der Waals surface area contributed by atoms with Gasteiger partial charge in [0.2, 0.25) is 5.91 Å². The molecule has 0 spiro atoms. The van der Waals surface area contributed by atoms with Crippen LogP contribution >= 0.6 is 34.3 Å². The van der Waals surface area contributed by atoms with Crippen molar-refractivity contribution in [1.82, 2.24) is 4.98 Å². The molecule has 3 rings (SSSR count). The van der Waals surface area contributed by atoms with Crippen LogP contribution in [0.3, 0.4) is 0 Å². The SMILES string of the molecule is O=C(Cc1cccs1)Nc1ncc(Cc2cc(C(F)(F)F)ccc2Cl)s1. The van der Waals surface area contributed by atoms with Crippen molar-refractivity contribution in [2.75, 3.05) is 5.32 Å². The van der Waals surface area contributed by atoms with Gasteiger partial charge in [-0.25, -0.2) is 4.98 Å². The number of thiazole rings is 1. The van der Waals surface area contributed by atoms with Gasteiger partial charge in [-0.05, 0) is 35.2 Å². The molecule has 0 saturated heterocycles. The monoisotopic (exact) mass is 416 g/mol. The fourth-order valence-electron chi connectivity index (χ4n) is 2.26. The number of hydrogen-bond donors (Lipinski definition) is 1. The standard InChI is InChI=1S/C17H12ClF3N2OS2/c18-14-4-3-11(17(19,20)21)6-10(14)7-13-9-22-16(26-13)23-15(24)8-12-2-1-5-25-12/h1-6,9H,7-8H2,(H,22,23,24). The van der Waals surface area contributed by atoms with Gasteiger partial charge in [0.15, 0.2) is 5.13 Å². The number of benzene rings is 1. The summed E-state index contributed by atoms with van der Waals surface area (Å²) in [5.74, 6) is -0.189. The second-order valence-corrected chi connectivity index (χ2v) is 7.97. The van der Waals surface area contributed by atoms with Crippen LogP contribution in [0.5, 0.6) is 0 Å². The summed E-state index contributed by atoms with van der Waals surface area (Å²) in [5, 5.41) is 5.26. The molecule has 136 valence electrons. The Kier molecular flexibility index (Phi) is 5.64. The number of aromatic nitrogens is 1. The van der Waals surface area contributed by atoms with E-state index in [-0.39, 0.29) is 23.8 Å². The number of carbonyl (C=O) groups excluding carboxylic acids is 1. The molecule has 0 aliphatic carbocycles. The van der Waals surface area contributed by atoms with Gasteiger partial charge in [-0.15, -0.1) is 22.7 Å². The Balaban J connectivity index is 1.68. The summed E-state index contributed by atoms with van der Waals surface area (Å²) in [7, 11) is 0. The van der Waals surface area contributed by atoms with Gasteiger partial charge in [0.25, 0.3) is 0 Å². The summed E-state index contributed by atoms with van der Waals surface area (Å²) in [6.07, 6.45) is -2.43. The molecule has 0 radical (unpaired) electrons. The Labute approximate surface area is 160 Å². The third-order valence-corrected chi connectivity index (χ3v) is 5.61. The number of nitrogens with one attached hydrogen (secondary N) is 1. The highest BCUT2D eigenvalue weighted by Crippen LogP contribution is 2.33. The quantitative estimate of drug-likeness (QED) is 0.584. The molecule has 26 heavy (non-hydrogen) atoms. The lowest BCUT2D eigenvalue weighted by Gasteiger charge is -2.09. The number of amides is 1. The van der Waals surface area contributed by atoms with Crippen molar-refractivity contribution in [2.24, 2.45) is 0 Å². The van der Waals surface area contributed by atoms with E-state index in [1.807, 2.05) is 17.5 Å². The van der Waals surface area contributed by atoms with E-state index >= 15 is 0 Å². The second-order valence-electron chi connectivity index (χ2n) is 5.42. The molecule has 0 unspecified atom stereocenters. The summed E-state index contributed by atoms with van der Waals surface area (Å²) in [6.45, 7) is 0. The largest absolute Gasteiger partial charge is 0.416 e. The van der Waals surface area contributed by atoms with Crippen LogP contribution in [0.25, 0.3) is 0 Å². The van der Waals surface area contributed by atoms with Crippen LogP contribution in [-0.2, 0) is 23.8 Å². The first-order valence-corrected chi connectivity index (χ1v) is 9.51. The summed E-state index contributed by atoms with van der Waals surface area (Å²) in [5.41, 5.74) is -0.382. The maximum atomic E-state index is 12.8. The van der Waals surface area contributed by atoms with E-state index in [1.165, 1.54) is 34.9 Å². The van der Waals surface area contributed by atoms with Gasteiger partial charge in [0.1, 0.15) is 0 Å². The lowest BCUT2D eigenvalue weighted by molar-refractivity contribution is -0.137. The Hall–Kier alpha value is -1.90. The van der Waals surface area contributed by atoms with Crippen LogP contribution in [0.4, 0.5) is 18.3 Å². The molecule has 3 nitrogen and oxygen atoms in total. The van der Waals surface area contributed by atoms with Crippen molar-refractivity contribution in [3.63, 3.8) is 0 Å². The van der Waals surface area contributed by atoms with Crippen molar-refractivity contribution < 1.29 is 18.0 Å². The number of hydrogen-bond acceptors (Lipinski definition) is 4. The molecule has 2 heterocycles. The zero-order valence-corrected chi connectivity index (χ0v) is 15.5. The Morgan fingerprint density at radius 2 is 2.04 bits per heavy atom. The minimum Gasteiger partial charge on any atom is -0.302 e. The topological polar surface area (TPSA) is 42.0 Å². The molecule has 0 atom stereocenters. The van der Waals surface area contributed by atoms with Crippen LogP contribution in [0.15, 0.2) is 41.9 Å². The van der Waals surface area contributed by atoms with E-state index < -0.39 is 11.7 Å². The summed E-state index contributed by atoms with van der Waals surface area (Å²) in [4.78, 5) is 17.7. The molecule has 0 saturated carbocycles. The van der Waals surface area contributed by atoms with E-state index in [2.05, 4.69) is 10.3 Å². The molecular formula is C17H12ClF3N2OS2. The normalized spacial score (nSPS) is 11.5. The molecule has 1 N–H and O–H groups in total. The van der Waals surface area contributed by atoms with Crippen LogP contribution in [0.1, 0.15) is 20.9 Å². The Morgan fingerprint density at radius 3 is 2.73 bits per heavy atom.